The summed E-state index contributed by atoms with van der Waals surface area (Å²) in [6, 6.07) is 4.40. The van der Waals surface area contributed by atoms with Crippen LogP contribution in [0.2, 0.25) is 10.0 Å². The van der Waals surface area contributed by atoms with Gasteiger partial charge in [-0.3, -0.25) is 14.4 Å². The maximum atomic E-state index is 11.5. The summed E-state index contributed by atoms with van der Waals surface area (Å²) in [7, 11) is 1.46. The van der Waals surface area contributed by atoms with Gasteiger partial charge in [0.25, 0.3) is 5.91 Å². The van der Waals surface area contributed by atoms with Gasteiger partial charge in [-0.05, 0) is 18.2 Å². The van der Waals surface area contributed by atoms with E-state index in [9.17, 15) is 9.59 Å². The summed E-state index contributed by atoms with van der Waals surface area (Å²) in [5, 5.41) is 2.97. The van der Waals surface area contributed by atoms with E-state index in [1.807, 2.05) is 0 Å². The lowest BCUT2D eigenvalue weighted by atomic mass is 10.2. The molecule has 1 aromatic carbocycles. The van der Waals surface area contributed by atoms with Crippen molar-refractivity contribution in [1.82, 2.24) is 10.8 Å². The van der Waals surface area contributed by atoms with Gasteiger partial charge in [-0.2, -0.15) is 0 Å². The van der Waals surface area contributed by atoms with Crippen LogP contribution in [0.5, 0.6) is 0 Å². The molecule has 0 radical (unpaired) electrons. The van der Waals surface area contributed by atoms with Crippen LogP contribution in [0, 0.1) is 0 Å². The van der Waals surface area contributed by atoms with Gasteiger partial charge in [0.1, 0.15) is 0 Å². The van der Waals surface area contributed by atoms with Gasteiger partial charge in [-0.25, -0.2) is 5.48 Å². The van der Waals surface area contributed by atoms with Crippen molar-refractivity contribution in [3.63, 3.8) is 0 Å². The summed E-state index contributed by atoms with van der Waals surface area (Å²) < 4.78 is 0. The predicted octanol–water partition coefficient (Wildman–Crippen LogP) is 1.40. The first-order valence-electron chi connectivity index (χ1n) is 4.62. The third-order valence-corrected chi connectivity index (χ3v) is 2.57. The molecule has 0 spiro atoms. The topological polar surface area (TPSA) is 67.4 Å². The number of hydrogen-bond donors (Lipinski definition) is 2. The molecule has 1 rings (SSSR count). The zero-order valence-corrected chi connectivity index (χ0v) is 10.4. The number of benzene rings is 1. The van der Waals surface area contributed by atoms with Crippen LogP contribution < -0.4 is 10.8 Å². The standard InChI is InChI=1S/C10H10Cl2N2O3/c1-13-9(15)5-17-14-10(16)6-2-3-7(11)8(12)4-6/h2-4H,5H2,1H3,(H,13,15)(H,14,16). The molecular formula is C10H10Cl2N2O3. The molecular weight excluding hydrogens is 267 g/mol. The van der Waals surface area contributed by atoms with E-state index in [-0.39, 0.29) is 23.1 Å². The van der Waals surface area contributed by atoms with E-state index in [1.54, 1.807) is 0 Å². The van der Waals surface area contributed by atoms with E-state index < -0.39 is 5.91 Å². The highest BCUT2D eigenvalue weighted by Gasteiger charge is 2.08. The molecule has 0 saturated heterocycles. The minimum atomic E-state index is -0.507. The summed E-state index contributed by atoms with van der Waals surface area (Å²) in [5.41, 5.74) is 2.40. The van der Waals surface area contributed by atoms with Crippen LogP contribution in [0.4, 0.5) is 0 Å². The fourth-order valence-electron chi connectivity index (χ4n) is 0.936. The Hall–Kier alpha value is -1.30. The predicted molar refractivity (Wildman–Crippen MR) is 63.9 cm³/mol. The van der Waals surface area contributed by atoms with Crippen LogP contribution in [-0.2, 0) is 9.63 Å². The number of carbonyl (C=O) groups is 2. The Balaban J connectivity index is 2.52. The minimum Gasteiger partial charge on any atom is -0.357 e. The number of likely N-dealkylation sites (N-methyl/N-ethyl adjacent to an activating group) is 1. The number of amides is 2. The highest BCUT2D eigenvalue weighted by molar-refractivity contribution is 6.42. The second-order valence-corrected chi connectivity index (χ2v) is 3.84. The minimum absolute atomic E-state index is 0.260. The van der Waals surface area contributed by atoms with Gasteiger partial charge >= 0.3 is 0 Å². The van der Waals surface area contributed by atoms with E-state index in [1.165, 1.54) is 25.2 Å². The first-order valence-corrected chi connectivity index (χ1v) is 5.38. The highest BCUT2D eigenvalue weighted by atomic mass is 35.5. The fourth-order valence-corrected chi connectivity index (χ4v) is 1.23. The molecule has 2 N–H and O–H groups in total. The molecule has 92 valence electrons. The van der Waals surface area contributed by atoms with Crippen LogP contribution in [-0.4, -0.2) is 25.5 Å². The van der Waals surface area contributed by atoms with Gasteiger partial charge in [0.05, 0.1) is 10.0 Å². The number of nitrogens with one attached hydrogen (secondary N) is 2. The Kier molecular flexibility index (Phi) is 5.21. The molecule has 0 aliphatic carbocycles. The van der Waals surface area contributed by atoms with Gasteiger partial charge in [0.2, 0.25) is 5.91 Å². The van der Waals surface area contributed by atoms with E-state index in [0.29, 0.717) is 5.02 Å². The quantitative estimate of drug-likeness (QED) is 0.817. The number of carbonyl (C=O) groups excluding carboxylic acids is 2. The molecule has 17 heavy (non-hydrogen) atoms. The van der Waals surface area contributed by atoms with Crippen LogP contribution in [0.15, 0.2) is 18.2 Å². The van der Waals surface area contributed by atoms with Crippen molar-refractivity contribution in [3.05, 3.63) is 33.8 Å². The Morgan fingerprint density at radius 1 is 1.29 bits per heavy atom. The van der Waals surface area contributed by atoms with Gasteiger partial charge in [0, 0.05) is 12.6 Å². The molecule has 0 saturated carbocycles. The molecule has 0 aromatic heterocycles. The molecule has 0 aliphatic heterocycles. The Bertz CT molecular complexity index is 438. The first kappa shape index (κ1) is 13.8. The van der Waals surface area contributed by atoms with Crippen LogP contribution in [0.1, 0.15) is 10.4 Å². The molecule has 1 aromatic rings. The largest absolute Gasteiger partial charge is 0.357 e. The number of hydrogen-bond acceptors (Lipinski definition) is 3. The highest BCUT2D eigenvalue weighted by Crippen LogP contribution is 2.22. The molecule has 5 nitrogen and oxygen atoms in total. The average molecular weight is 277 g/mol. The van der Waals surface area contributed by atoms with Crippen molar-refractivity contribution >= 4 is 35.0 Å². The molecule has 0 atom stereocenters. The summed E-state index contributed by atoms with van der Waals surface area (Å²) in [6.07, 6.45) is 0. The summed E-state index contributed by atoms with van der Waals surface area (Å²) in [6.45, 7) is -0.260. The van der Waals surface area contributed by atoms with Gasteiger partial charge < -0.3 is 5.32 Å². The van der Waals surface area contributed by atoms with Crippen LogP contribution in [0.3, 0.4) is 0 Å². The smallest absolute Gasteiger partial charge is 0.274 e. The number of halogens is 2. The fraction of sp³-hybridized carbons (Fsp3) is 0.200. The lowest BCUT2D eigenvalue weighted by molar-refractivity contribution is -0.126. The molecule has 7 heteroatoms. The number of hydroxylamine groups is 1. The summed E-state index contributed by atoms with van der Waals surface area (Å²) >= 11 is 11.5. The van der Waals surface area contributed by atoms with Crippen molar-refractivity contribution in [2.75, 3.05) is 13.7 Å². The molecule has 2 amide bonds. The van der Waals surface area contributed by atoms with E-state index in [0.717, 1.165) is 0 Å². The lowest BCUT2D eigenvalue weighted by Crippen LogP contribution is -2.31. The zero-order chi connectivity index (χ0) is 12.8. The van der Waals surface area contributed by atoms with Crippen molar-refractivity contribution in [2.24, 2.45) is 0 Å². The maximum Gasteiger partial charge on any atom is 0.274 e. The lowest BCUT2D eigenvalue weighted by Gasteiger charge is -2.05. The SMILES string of the molecule is CNC(=O)CONC(=O)c1ccc(Cl)c(Cl)c1. The van der Waals surface area contributed by atoms with Crippen molar-refractivity contribution in [1.29, 1.82) is 0 Å². The molecule has 0 unspecified atom stereocenters. The Labute approximate surface area is 108 Å². The molecule has 0 heterocycles. The Morgan fingerprint density at radius 2 is 2.00 bits per heavy atom. The van der Waals surface area contributed by atoms with Gasteiger partial charge in [-0.1, -0.05) is 23.2 Å². The number of rotatable bonds is 4. The zero-order valence-electron chi connectivity index (χ0n) is 8.92. The monoisotopic (exact) mass is 276 g/mol. The maximum absolute atomic E-state index is 11.5. The van der Waals surface area contributed by atoms with E-state index in [2.05, 4.69) is 15.6 Å². The van der Waals surface area contributed by atoms with Crippen molar-refractivity contribution < 1.29 is 14.4 Å². The normalized spacial score (nSPS) is 9.82. The molecule has 0 aliphatic rings. The van der Waals surface area contributed by atoms with Gasteiger partial charge in [0.15, 0.2) is 6.61 Å². The molecule has 0 fully saturated rings. The van der Waals surface area contributed by atoms with Crippen molar-refractivity contribution in [2.45, 2.75) is 0 Å². The van der Waals surface area contributed by atoms with Crippen LogP contribution >= 0.6 is 23.2 Å². The second-order valence-electron chi connectivity index (χ2n) is 3.02. The Morgan fingerprint density at radius 3 is 2.59 bits per heavy atom. The third-order valence-electron chi connectivity index (χ3n) is 1.83. The van der Waals surface area contributed by atoms with Crippen molar-refractivity contribution in [3.8, 4) is 0 Å². The average Bonchev–Trinajstić information content (AvgIpc) is 2.32. The molecule has 0 bridgehead atoms. The van der Waals surface area contributed by atoms with Gasteiger partial charge in [-0.15, -0.1) is 0 Å². The van der Waals surface area contributed by atoms with E-state index >= 15 is 0 Å². The summed E-state index contributed by atoms with van der Waals surface area (Å²) in [4.78, 5) is 27.0. The second kappa shape index (κ2) is 6.44. The van der Waals surface area contributed by atoms with Crippen LogP contribution in [0.25, 0.3) is 0 Å². The summed E-state index contributed by atoms with van der Waals surface area (Å²) in [5.74, 6) is -0.855. The first-order chi connectivity index (χ1) is 8.04. The third kappa shape index (κ3) is 4.22. The van der Waals surface area contributed by atoms with E-state index in [4.69, 9.17) is 23.2 Å².